The van der Waals surface area contributed by atoms with Gasteiger partial charge in [0.25, 0.3) is 11.8 Å². The van der Waals surface area contributed by atoms with Gasteiger partial charge in [-0.2, -0.15) is 0 Å². The molecule has 0 aromatic heterocycles. The van der Waals surface area contributed by atoms with Gasteiger partial charge in [0, 0.05) is 38.3 Å². The lowest BCUT2D eigenvalue weighted by atomic mass is 10.1. The fraction of sp³-hybridized carbons (Fsp3) is 0.467. The summed E-state index contributed by atoms with van der Waals surface area (Å²) in [6.45, 7) is 4.41. The molecule has 5 nitrogen and oxygen atoms in total. The largest absolute Gasteiger partial charge is 0.351 e. The Hall–Kier alpha value is -1.59. The number of carbonyl (C=O) groups is 2. The molecule has 0 aliphatic carbocycles. The summed E-state index contributed by atoms with van der Waals surface area (Å²) in [4.78, 5) is 25.1. The quantitative estimate of drug-likeness (QED) is 0.751. The minimum atomic E-state index is -0.118. The first-order valence-electron chi connectivity index (χ1n) is 6.87. The highest BCUT2D eigenvalue weighted by molar-refractivity contribution is 5.97. The Labute approximate surface area is 132 Å². The first-order valence-corrected chi connectivity index (χ1v) is 6.87. The van der Waals surface area contributed by atoms with Gasteiger partial charge in [-0.3, -0.25) is 9.59 Å². The molecule has 0 saturated carbocycles. The average Bonchev–Trinajstić information content (AvgIpc) is 2.46. The predicted molar refractivity (Wildman–Crippen MR) is 87.2 cm³/mol. The monoisotopic (exact) mass is 313 g/mol. The third-order valence-corrected chi connectivity index (χ3v) is 2.81. The Morgan fingerprint density at radius 1 is 1.00 bits per heavy atom. The standard InChI is InChI=1S/C15H23N3O2.ClH/c1-4-9-16-10-11-17-14(19)12-5-7-13(8-6-12)15(20)18(2)3;/h5-8,16H,4,9-11H2,1-3H3,(H,17,19);1H. The minimum Gasteiger partial charge on any atom is -0.351 e. The van der Waals surface area contributed by atoms with Gasteiger partial charge in [-0.1, -0.05) is 6.92 Å². The molecule has 0 bridgehead atoms. The van der Waals surface area contributed by atoms with Gasteiger partial charge in [0.2, 0.25) is 0 Å². The number of carbonyl (C=O) groups excluding carboxylic acids is 2. The van der Waals surface area contributed by atoms with Crippen LogP contribution < -0.4 is 10.6 Å². The van der Waals surface area contributed by atoms with E-state index >= 15 is 0 Å². The van der Waals surface area contributed by atoms with Gasteiger partial charge in [0.15, 0.2) is 0 Å². The van der Waals surface area contributed by atoms with Crippen LogP contribution in [-0.2, 0) is 0 Å². The van der Waals surface area contributed by atoms with E-state index in [4.69, 9.17) is 0 Å². The number of rotatable bonds is 7. The molecule has 0 fully saturated rings. The van der Waals surface area contributed by atoms with Crippen molar-refractivity contribution in [1.82, 2.24) is 15.5 Å². The highest BCUT2D eigenvalue weighted by Crippen LogP contribution is 2.06. The van der Waals surface area contributed by atoms with Crippen LogP contribution in [0, 0.1) is 0 Å². The molecule has 0 spiro atoms. The van der Waals surface area contributed by atoms with E-state index in [0.717, 1.165) is 19.5 Å². The molecule has 6 heteroatoms. The zero-order valence-corrected chi connectivity index (χ0v) is 13.6. The van der Waals surface area contributed by atoms with Crippen molar-refractivity contribution in [2.75, 3.05) is 33.7 Å². The molecule has 0 atom stereocenters. The second-order valence-electron chi connectivity index (χ2n) is 4.78. The average molecular weight is 314 g/mol. The molecule has 1 rings (SSSR count). The Morgan fingerprint density at radius 2 is 1.57 bits per heavy atom. The summed E-state index contributed by atoms with van der Waals surface area (Å²) in [5, 5.41) is 6.05. The van der Waals surface area contributed by atoms with Crippen LogP contribution in [0.25, 0.3) is 0 Å². The number of nitrogens with zero attached hydrogens (tertiary/aromatic N) is 1. The minimum absolute atomic E-state index is 0. The van der Waals surface area contributed by atoms with Crippen molar-refractivity contribution in [3.05, 3.63) is 35.4 Å². The summed E-state index contributed by atoms with van der Waals surface area (Å²) < 4.78 is 0. The van der Waals surface area contributed by atoms with Crippen LogP contribution in [-0.4, -0.2) is 50.4 Å². The lowest BCUT2D eigenvalue weighted by molar-refractivity contribution is 0.0826. The molecule has 0 saturated heterocycles. The van der Waals surface area contributed by atoms with Crippen LogP contribution in [0.5, 0.6) is 0 Å². The molecule has 1 aromatic rings. The molecule has 0 aliphatic rings. The van der Waals surface area contributed by atoms with Gasteiger partial charge < -0.3 is 15.5 Å². The summed E-state index contributed by atoms with van der Waals surface area (Å²) in [7, 11) is 3.40. The van der Waals surface area contributed by atoms with Gasteiger partial charge >= 0.3 is 0 Å². The lowest BCUT2D eigenvalue weighted by Crippen LogP contribution is -2.32. The van der Waals surface area contributed by atoms with Crippen LogP contribution in [0.2, 0.25) is 0 Å². The van der Waals surface area contributed by atoms with Crippen LogP contribution >= 0.6 is 12.4 Å². The second-order valence-corrected chi connectivity index (χ2v) is 4.78. The number of hydrogen-bond acceptors (Lipinski definition) is 3. The van der Waals surface area contributed by atoms with Gasteiger partial charge in [0.05, 0.1) is 0 Å². The summed E-state index contributed by atoms with van der Waals surface area (Å²) in [5.41, 5.74) is 1.15. The molecule has 0 unspecified atom stereocenters. The summed E-state index contributed by atoms with van der Waals surface area (Å²) in [5.74, 6) is -0.187. The van der Waals surface area contributed by atoms with E-state index in [2.05, 4.69) is 17.6 Å². The zero-order valence-electron chi connectivity index (χ0n) is 12.8. The van der Waals surface area contributed by atoms with Crippen molar-refractivity contribution in [1.29, 1.82) is 0 Å². The molecule has 2 amide bonds. The van der Waals surface area contributed by atoms with Crippen molar-refractivity contribution in [3.63, 3.8) is 0 Å². The summed E-state index contributed by atoms with van der Waals surface area (Å²) in [6.07, 6.45) is 1.08. The number of benzene rings is 1. The van der Waals surface area contributed by atoms with E-state index in [0.29, 0.717) is 17.7 Å². The first kappa shape index (κ1) is 19.4. The number of hydrogen-bond donors (Lipinski definition) is 2. The maximum atomic E-state index is 11.9. The fourth-order valence-corrected chi connectivity index (χ4v) is 1.69. The third-order valence-electron chi connectivity index (χ3n) is 2.81. The molecular weight excluding hydrogens is 290 g/mol. The summed E-state index contributed by atoms with van der Waals surface area (Å²) >= 11 is 0. The van der Waals surface area contributed by atoms with E-state index in [1.165, 1.54) is 4.90 Å². The number of halogens is 1. The van der Waals surface area contributed by atoms with Crippen molar-refractivity contribution in [2.24, 2.45) is 0 Å². The van der Waals surface area contributed by atoms with E-state index in [1.54, 1.807) is 38.4 Å². The van der Waals surface area contributed by atoms with Gasteiger partial charge in [0.1, 0.15) is 0 Å². The van der Waals surface area contributed by atoms with Gasteiger partial charge in [-0.05, 0) is 37.2 Å². The molecule has 0 aliphatic heterocycles. The number of nitrogens with one attached hydrogen (secondary N) is 2. The van der Waals surface area contributed by atoms with Gasteiger partial charge in [-0.15, -0.1) is 12.4 Å². The molecule has 2 N–H and O–H groups in total. The Kier molecular flexibility index (Phi) is 9.41. The van der Waals surface area contributed by atoms with Crippen LogP contribution in [0.1, 0.15) is 34.1 Å². The van der Waals surface area contributed by atoms with Crippen molar-refractivity contribution < 1.29 is 9.59 Å². The van der Waals surface area contributed by atoms with E-state index in [9.17, 15) is 9.59 Å². The van der Waals surface area contributed by atoms with Crippen molar-refractivity contribution >= 4 is 24.2 Å². The smallest absolute Gasteiger partial charge is 0.253 e. The molecule has 21 heavy (non-hydrogen) atoms. The summed E-state index contributed by atoms with van der Waals surface area (Å²) in [6, 6.07) is 6.69. The molecule has 118 valence electrons. The zero-order chi connectivity index (χ0) is 15.0. The van der Waals surface area contributed by atoms with Crippen LogP contribution in [0.15, 0.2) is 24.3 Å². The first-order chi connectivity index (χ1) is 9.56. The topological polar surface area (TPSA) is 61.4 Å². The Bertz CT molecular complexity index is 447. The van der Waals surface area contributed by atoms with Crippen LogP contribution in [0.3, 0.4) is 0 Å². The maximum Gasteiger partial charge on any atom is 0.253 e. The highest BCUT2D eigenvalue weighted by atomic mass is 35.5. The van der Waals surface area contributed by atoms with E-state index in [-0.39, 0.29) is 24.2 Å². The maximum absolute atomic E-state index is 11.9. The lowest BCUT2D eigenvalue weighted by Gasteiger charge is -2.10. The van der Waals surface area contributed by atoms with Crippen molar-refractivity contribution in [3.8, 4) is 0 Å². The van der Waals surface area contributed by atoms with E-state index in [1.807, 2.05) is 0 Å². The van der Waals surface area contributed by atoms with Crippen molar-refractivity contribution in [2.45, 2.75) is 13.3 Å². The second kappa shape index (κ2) is 10.2. The third kappa shape index (κ3) is 6.60. The molecular formula is C15H24ClN3O2. The molecule has 1 aromatic carbocycles. The van der Waals surface area contributed by atoms with E-state index < -0.39 is 0 Å². The predicted octanol–water partition coefficient (Wildman–Crippen LogP) is 1.54. The highest BCUT2D eigenvalue weighted by Gasteiger charge is 2.09. The molecule has 0 heterocycles. The Morgan fingerprint density at radius 3 is 2.10 bits per heavy atom. The Balaban J connectivity index is 0.00000400. The van der Waals surface area contributed by atoms with Crippen LogP contribution in [0.4, 0.5) is 0 Å². The normalized spacial score (nSPS) is 9.67. The number of amides is 2. The van der Waals surface area contributed by atoms with Gasteiger partial charge in [-0.25, -0.2) is 0 Å². The SMILES string of the molecule is CCCNCCNC(=O)c1ccc(C(=O)N(C)C)cc1.Cl. The fourth-order valence-electron chi connectivity index (χ4n) is 1.69. The molecule has 0 radical (unpaired) electrons.